The second-order valence-electron chi connectivity index (χ2n) is 6.50. The highest BCUT2D eigenvalue weighted by Crippen LogP contribution is 2.44. The smallest absolute Gasteiger partial charge is 0.157 e. The molecule has 1 saturated carbocycles. The Morgan fingerprint density at radius 2 is 2.11 bits per heavy atom. The van der Waals surface area contributed by atoms with Crippen LogP contribution >= 0.6 is 0 Å². The second-order valence-corrected chi connectivity index (χ2v) is 6.50. The number of allylic oxidation sites excluding steroid dienone is 2. The number of nitrogens with zero attached hydrogens (tertiary/aromatic N) is 1. The maximum atomic E-state index is 12.8. The Bertz CT molecular complexity index is 437. The fourth-order valence-corrected chi connectivity index (χ4v) is 4.01. The molecule has 0 amide bonds. The Morgan fingerprint density at radius 3 is 2.68 bits per heavy atom. The molecule has 2 heteroatoms. The first-order valence-electron chi connectivity index (χ1n) is 7.83. The van der Waals surface area contributed by atoms with Crippen LogP contribution in [0.4, 0.5) is 0 Å². The molecule has 3 rings (SSSR count). The zero-order valence-corrected chi connectivity index (χ0v) is 12.2. The molecule has 3 atom stereocenters. The Kier molecular flexibility index (Phi) is 3.38. The highest BCUT2D eigenvalue weighted by molar-refractivity contribution is 5.93. The molecule has 104 valence electrons. The van der Waals surface area contributed by atoms with E-state index in [0.717, 1.165) is 44.6 Å². The van der Waals surface area contributed by atoms with E-state index < -0.39 is 0 Å². The third-order valence-corrected chi connectivity index (χ3v) is 5.42. The minimum absolute atomic E-state index is 0.277. The Hall–Kier alpha value is -0.890. The Balaban J connectivity index is 1.98. The van der Waals surface area contributed by atoms with Crippen LogP contribution in [0.15, 0.2) is 23.8 Å². The van der Waals surface area contributed by atoms with E-state index >= 15 is 0 Å². The monoisotopic (exact) mass is 259 g/mol. The maximum absolute atomic E-state index is 12.8. The fraction of sp³-hybridized carbons (Fsp3) is 0.706. The van der Waals surface area contributed by atoms with E-state index in [0.29, 0.717) is 11.8 Å². The molecule has 0 spiro atoms. The van der Waals surface area contributed by atoms with Gasteiger partial charge in [-0.05, 0) is 44.1 Å². The summed E-state index contributed by atoms with van der Waals surface area (Å²) < 4.78 is 0. The van der Waals surface area contributed by atoms with E-state index in [9.17, 15) is 4.79 Å². The standard InChI is InChI=1S/C17H25NO/c1-13-12-18(14(13)2)17(11-7-6-10-16(17)19)15-8-4-3-5-9-15/h4,8-9,13-14H,3,5-7,10-12H2,1-2H3. The first-order chi connectivity index (χ1) is 9.16. The van der Waals surface area contributed by atoms with Crippen LogP contribution in [0.2, 0.25) is 0 Å². The van der Waals surface area contributed by atoms with E-state index in [1.165, 1.54) is 12.0 Å². The number of rotatable bonds is 2. The quantitative estimate of drug-likeness (QED) is 0.756. The molecule has 0 aromatic carbocycles. The van der Waals surface area contributed by atoms with E-state index in [2.05, 4.69) is 37.0 Å². The zero-order valence-electron chi connectivity index (χ0n) is 12.2. The summed E-state index contributed by atoms with van der Waals surface area (Å²) >= 11 is 0. The first kappa shape index (κ1) is 13.1. The number of carbonyl (C=O) groups is 1. The summed E-state index contributed by atoms with van der Waals surface area (Å²) in [6, 6.07) is 0.540. The van der Waals surface area contributed by atoms with Gasteiger partial charge in [0.25, 0.3) is 0 Å². The van der Waals surface area contributed by atoms with Crippen LogP contribution in [0.1, 0.15) is 52.4 Å². The van der Waals surface area contributed by atoms with E-state index in [4.69, 9.17) is 0 Å². The van der Waals surface area contributed by atoms with Gasteiger partial charge in [-0.25, -0.2) is 0 Å². The van der Waals surface area contributed by atoms with Crippen molar-refractivity contribution in [1.82, 2.24) is 4.90 Å². The number of carbonyl (C=O) groups excluding carboxylic acids is 1. The lowest BCUT2D eigenvalue weighted by Gasteiger charge is -2.57. The first-order valence-corrected chi connectivity index (χ1v) is 7.83. The average Bonchev–Trinajstić information content (AvgIpc) is 2.46. The fourth-order valence-electron chi connectivity index (χ4n) is 4.01. The zero-order chi connectivity index (χ0) is 13.5. The molecule has 2 nitrogen and oxygen atoms in total. The van der Waals surface area contributed by atoms with Crippen LogP contribution in [-0.2, 0) is 4.79 Å². The second kappa shape index (κ2) is 4.90. The van der Waals surface area contributed by atoms with Gasteiger partial charge in [-0.15, -0.1) is 0 Å². The molecule has 0 bridgehead atoms. The van der Waals surface area contributed by atoms with Crippen LogP contribution in [0.25, 0.3) is 0 Å². The molecule has 0 radical (unpaired) electrons. The van der Waals surface area contributed by atoms with Crippen LogP contribution < -0.4 is 0 Å². The predicted molar refractivity (Wildman–Crippen MR) is 78.0 cm³/mol. The van der Waals surface area contributed by atoms with Gasteiger partial charge in [0.15, 0.2) is 5.78 Å². The molecule has 19 heavy (non-hydrogen) atoms. The molecule has 1 heterocycles. The van der Waals surface area contributed by atoms with Crippen molar-refractivity contribution in [3.8, 4) is 0 Å². The van der Waals surface area contributed by atoms with E-state index in [1.807, 2.05) is 0 Å². The molecule has 2 fully saturated rings. The van der Waals surface area contributed by atoms with Gasteiger partial charge in [-0.1, -0.05) is 31.6 Å². The van der Waals surface area contributed by atoms with E-state index in [1.54, 1.807) is 0 Å². The highest BCUT2D eigenvalue weighted by atomic mass is 16.1. The summed E-state index contributed by atoms with van der Waals surface area (Å²) in [7, 11) is 0. The highest BCUT2D eigenvalue weighted by Gasteiger charge is 2.53. The topological polar surface area (TPSA) is 20.3 Å². The number of hydrogen-bond acceptors (Lipinski definition) is 2. The minimum atomic E-state index is -0.277. The van der Waals surface area contributed by atoms with Gasteiger partial charge in [-0.2, -0.15) is 0 Å². The largest absolute Gasteiger partial charge is 0.297 e. The number of hydrogen-bond donors (Lipinski definition) is 0. The van der Waals surface area contributed by atoms with Gasteiger partial charge >= 0.3 is 0 Å². The summed E-state index contributed by atoms with van der Waals surface area (Å²) in [5.41, 5.74) is 1.02. The molecule has 0 aromatic heterocycles. The van der Waals surface area contributed by atoms with Gasteiger partial charge < -0.3 is 0 Å². The van der Waals surface area contributed by atoms with E-state index in [-0.39, 0.29) is 5.54 Å². The van der Waals surface area contributed by atoms with Crippen LogP contribution in [0.5, 0.6) is 0 Å². The SMILES string of the molecule is CC1CN(C2(C3=CCCC=C3)CCCCC2=O)C1C. The van der Waals surface area contributed by atoms with Crippen LogP contribution in [0, 0.1) is 5.92 Å². The maximum Gasteiger partial charge on any atom is 0.157 e. The van der Waals surface area contributed by atoms with Crippen molar-refractivity contribution in [2.75, 3.05) is 6.54 Å². The van der Waals surface area contributed by atoms with Crippen molar-refractivity contribution in [1.29, 1.82) is 0 Å². The normalized spacial score (nSPS) is 39.9. The van der Waals surface area contributed by atoms with Crippen molar-refractivity contribution < 1.29 is 4.79 Å². The van der Waals surface area contributed by atoms with Crippen LogP contribution in [0.3, 0.4) is 0 Å². The van der Waals surface area contributed by atoms with Gasteiger partial charge in [0.1, 0.15) is 5.54 Å². The molecule has 3 aliphatic rings. The Morgan fingerprint density at radius 1 is 1.26 bits per heavy atom. The average molecular weight is 259 g/mol. The van der Waals surface area contributed by atoms with Crippen molar-refractivity contribution in [3.63, 3.8) is 0 Å². The molecule has 0 aromatic rings. The molecule has 3 unspecified atom stereocenters. The molecule has 1 aliphatic heterocycles. The summed E-state index contributed by atoms with van der Waals surface area (Å²) in [5, 5.41) is 0. The van der Waals surface area contributed by atoms with Gasteiger partial charge in [0.05, 0.1) is 0 Å². The number of ketones is 1. The lowest BCUT2D eigenvalue weighted by Crippen LogP contribution is -2.68. The molecule has 0 N–H and O–H groups in total. The predicted octanol–water partition coefficient (Wildman–Crippen LogP) is 3.48. The van der Waals surface area contributed by atoms with Crippen molar-refractivity contribution in [2.45, 2.75) is 64.0 Å². The summed E-state index contributed by atoms with van der Waals surface area (Å²) in [6.07, 6.45) is 13.1. The Labute approximate surface area is 116 Å². The number of Topliss-reactive ketones (excluding diaryl/α,β-unsaturated/α-hetero) is 1. The molecule has 1 saturated heterocycles. The summed E-state index contributed by atoms with van der Waals surface area (Å²) in [5.74, 6) is 1.19. The molecular weight excluding hydrogens is 234 g/mol. The van der Waals surface area contributed by atoms with Crippen molar-refractivity contribution >= 4 is 5.78 Å². The summed E-state index contributed by atoms with van der Waals surface area (Å²) in [6.45, 7) is 5.66. The van der Waals surface area contributed by atoms with Gasteiger partial charge in [0.2, 0.25) is 0 Å². The minimum Gasteiger partial charge on any atom is -0.297 e. The molecular formula is C17H25NO. The summed E-state index contributed by atoms with van der Waals surface area (Å²) in [4.78, 5) is 15.3. The van der Waals surface area contributed by atoms with Crippen molar-refractivity contribution in [3.05, 3.63) is 23.8 Å². The third kappa shape index (κ3) is 1.92. The van der Waals surface area contributed by atoms with Crippen LogP contribution in [-0.4, -0.2) is 28.8 Å². The molecule has 2 aliphatic carbocycles. The van der Waals surface area contributed by atoms with Gasteiger partial charge in [0, 0.05) is 19.0 Å². The lowest BCUT2D eigenvalue weighted by atomic mass is 9.69. The van der Waals surface area contributed by atoms with Crippen molar-refractivity contribution in [2.24, 2.45) is 5.92 Å². The third-order valence-electron chi connectivity index (χ3n) is 5.42. The van der Waals surface area contributed by atoms with Gasteiger partial charge in [-0.3, -0.25) is 9.69 Å². The lowest BCUT2D eigenvalue weighted by molar-refractivity contribution is -0.141. The number of likely N-dealkylation sites (tertiary alicyclic amines) is 1.